The van der Waals surface area contributed by atoms with Crippen LogP contribution in [-0.2, 0) is 6.54 Å². The quantitative estimate of drug-likeness (QED) is 0.764. The smallest absolute Gasteiger partial charge is 0.347 e. The highest BCUT2D eigenvalue weighted by atomic mass is 32.1. The molecule has 3 N–H and O–H groups in total. The number of hydrogen-bond donors (Lipinski definition) is 2. The Labute approximate surface area is 79.4 Å². The molecule has 5 heteroatoms. The van der Waals surface area contributed by atoms with E-state index in [2.05, 4.69) is 4.98 Å². The topological polar surface area (TPSA) is 76.2 Å². The van der Waals surface area contributed by atoms with Crippen molar-refractivity contribution in [3.05, 3.63) is 15.6 Å². The van der Waals surface area contributed by atoms with Gasteiger partial charge in [-0.05, 0) is 12.8 Å². The summed E-state index contributed by atoms with van der Waals surface area (Å²) in [7, 11) is 0. The fourth-order valence-electron chi connectivity index (χ4n) is 1.18. The van der Waals surface area contributed by atoms with E-state index in [0.29, 0.717) is 16.5 Å². The molecule has 0 bridgehead atoms. The van der Waals surface area contributed by atoms with Crippen LogP contribution < -0.4 is 5.73 Å². The van der Waals surface area contributed by atoms with E-state index in [1.54, 1.807) is 0 Å². The maximum atomic E-state index is 10.8. The Kier molecular flexibility index (Phi) is 2.05. The number of carboxylic acids is 1. The fourth-order valence-corrected chi connectivity index (χ4v) is 2.28. The molecule has 1 aromatic rings. The predicted molar refractivity (Wildman–Crippen MR) is 48.9 cm³/mol. The lowest BCUT2D eigenvalue weighted by Crippen LogP contribution is -2.04. The Morgan fingerprint density at radius 1 is 1.69 bits per heavy atom. The number of nitrogens with two attached hydrogens (primary N) is 1. The number of aromatic nitrogens is 1. The highest BCUT2D eigenvalue weighted by Crippen LogP contribution is 2.42. The molecule has 0 amide bonds. The van der Waals surface area contributed by atoms with E-state index in [0.717, 1.165) is 17.8 Å². The van der Waals surface area contributed by atoms with Gasteiger partial charge in [-0.15, -0.1) is 11.3 Å². The average molecular weight is 198 g/mol. The van der Waals surface area contributed by atoms with Gasteiger partial charge in [0.2, 0.25) is 0 Å². The Bertz CT molecular complexity index is 344. The molecule has 4 nitrogen and oxygen atoms in total. The third-order valence-electron chi connectivity index (χ3n) is 2.03. The highest BCUT2D eigenvalue weighted by Gasteiger charge is 2.29. The average Bonchev–Trinajstić information content (AvgIpc) is 2.84. The molecular formula is C8H10N2O2S. The van der Waals surface area contributed by atoms with Gasteiger partial charge in [-0.25, -0.2) is 9.78 Å². The van der Waals surface area contributed by atoms with Gasteiger partial charge in [-0.2, -0.15) is 0 Å². The second kappa shape index (κ2) is 3.08. The van der Waals surface area contributed by atoms with Gasteiger partial charge in [-0.1, -0.05) is 0 Å². The van der Waals surface area contributed by atoms with Crippen LogP contribution in [0.2, 0.25) is 0 Å². The molecule has 0 radical (unpaired) electrons. The Morgan fingerprint density at radius 2 is 2.38 bits per heavy atom. The van der Waals surface area contributed by atoms with Crippen LogP contribution in [0.1, 0.15) is 39.1 Å². The predicted octanol–water partition coefficient (Wildman–Crippen LogP) is 1.18. The molecule has 0 saturated heterocycles. The zero-order chi connectivity index (χ0) is 9.42. The second-order valence-corrected chi connectivity index (χ2v) is 4.14. The van der Waals surface area contributed by atoms with Crippen molar-refractivity contribution in [3.8, 4) is 0 Å². The van der Waals surface area contributed by atoms with Crippen LogP contribution >= 0.6 is 11.3 Å². The van der Waals surface area contributed by atoms with E-state index in [9.17, 15) is 4.79 Å². The van der Waals surface area contributed by atoms with Gasteiger partial charge >= 0.3 is 5.97 Å². The summed E-state index contributed by atoms with van der Waals surface area (Å²) in [6, 6.07) is 0. The summed E-state index contributed by atoms with van der Waals surface area (Å²) in [6.07, 6.45) is 2.27. The monoisotopic (exact) mass is 198 g/mol. The molecule has 1 aromatic heterocycles. The third-order valence-corrected chi connectivity index (χ3v) is 3.28. The minimum atomic E-state index is -0.912. The van der Waals surface area contributed by atoms with Crippen molar-refractivity contribution in [1.82, 2.24) is 4.98 Å². The van der Waals surface area contributed by atoms with Crippen LogP contribution in [0.25, 0.3) is 0 Å². The van der Waals surface area contributed by atoms with Crippen molar-refractivity contribution in [2.45, 2.75) is 25.3 Å². The normalized spacial score (nSPS) is 16.1. The van der Waals surface area contributed by atoms with E-state index in [1.807, 2.05) is 0 Å². The molecule has 0 aliphatic heterocycles. The molecule has 1 heterocycles. The summed E-state index contributed by atoms with van der Waals surface area (Å²) in [6.45, 7) is 0.213. The van der Waals surface area contributed by atoms with Gasteiger partial charge in [0.05, 0.1) is 10.7 Å². The molecule has 13 heavy (non-hydrogen) atoms. The van der Waals surface area contributed by atoms with Crippen LogP contribution in [0.5, 0.6) is 0 Å². The molecule has 0 spiro atoms. The van der Waals surface area contributed by atoms with Crippen molar-refractivity contribution < 1.29 is 9.90 Å². The second-order valence-electron chi connectivity index (χ2n) is 3.11. The van der Waals surface area contributed by atoms with E-state index in [1.165, 1.54) is 11.3 Å². The SMILES string of the molecule is NCc1nc(C2CC2)sc1C(=O)O. The van der Waals surface area contributed by atoms with E-state index in [-0.39, 0.29) is 6.54 Å². The van der Waals surface area contributed by atoms with Gasteiger partial charge < -0.3 is 10.8 Å². The summed E-state index contributed by atoms with van der Waals surface area (Å²) in [5, 5.41) is 9.77. The number of rotatable bonds is 3. The van der Waals surface area contributed by atoms with Gasteiger partial charge in [-0.3, -0.25) is 0 Å². The summed E-state index contributed by atoms with van der Waals surface area (Å²) < 4.78 is 0. The molecule has 2 rings (SSSR count). The molecule has 1 saturated carbocycles. The van der Waals surface area contributed by atoms with E-state index < -0.39 is 5.97 Å². The van der Waals surface area contributed by atoms with Crippen molar-refractivity contribution in [2.24, 2.45) is 5.73 Å². The first-order chi connectivity index (χ1) is 6.22. The van der Waals surface area contributed by atoms with Crippen molar-refractivity contribution in [1.29, 1.82) is 0 Å². The first kappa shape index (κ1) is 8.65. The van der Waals surface area contributed by atoms with Crippen molar-refractivity contribution >= 4 is 17.3 Å². The van der Waals surface area contributed by atoms with Gasteiger partial charge in [0.1, 0.15) is 4.88 Å². The summed E-state index contributed by atoms with van der Waals surface area (Å²) in [5.74, 6) is -0.409. The van der Waals surface area contributed by atoms with Gasteiger partial charge in [0.15, 0.2) is 0 Å². The zero-order valence-electron chi connectivity index (χ0n) is 6.99. The van der Waals surface area contributed by atoms with Crippen molar-refractivity contribution in [2.75, 3.05) is 0 Å². The molecule has 1 aliphatic rings. The Hall–Kier alpha value is -0.940. The number of aromatic carboxylic acids is 1. The summed E-state index contributed by atoms with van der Waals surface area (Å²) in [4.78, 5) is 15.3. The van der Waals surface area contributed by atoms with Crippen LogP contribution in [0.15, 0.2) is 0 Å². The van der Waals surface area contributed by atoms with Crippen LogP contribution in [-0.4, -0.2) is 16.1 Å². The van der Waals surface area contributed by atoms with Gasteiger partial charge in [0, 0.05) is 12.5 Å². The first-order valence-electron chi connectivity index (χ1n) is 4.15. The van der Waals surface area contributed by atoms with Crippen LogP contribution in [0, 0.1) is 0 Å². The number of thiazole rings is 1. The lowest BCUT2D eigenvalue weighted by molar-refractivity contribution is 0.0700. The number of carboxylic acid groups (broad SMARTS) is 1. The third kappa shape index (κ3) is 1.57. The lowest BCUT2D eigenvalue weighted by Gasteiger charge is -1.89. The summed E-state index contributed by atoms with van der Waals surface area (Å²) in [5.41, 5.74) is 5.93. The largest absolute Gasteiger partial charge is 0.477 e. The molecule has 70 valence electrons. The van der Waals surface area contributed by atoms with Crippen LogP contribution in [0.4, 0.5) is 0 Å². The molecule has 1 aliphatic carbocycles. The minimum Gasteiger partial charge on any atom is -0.477 e. The Morgan fingerprint density at radius 3 is 2.77 bits per heavy atom. The standard InChI is InChI=1S/C8H10N2O2S/c9-3-5-6(8(11)12)13-7(10-5)4-1-2-4/h4H,1-3,9H2,(H,11,12). The molecule has 0 unspecified atom stereocenters. The lowest BCUT2D eigenvalue weighted by atomic mass is 10.3. The van der Waals surface area contributed by atoms with Crippen LogP contribution in [0.3, 0.4) is 0 Å². The minimum absolute atomic E-state index is 0.213. The van der Waals surface area contributed by atoms with Gasteiger partial charge in [0.25, 0.3) is 0 Å². The number of carbonyl (C=O) groups is 1. The fraction of sp³-hybridized carbons (Fsp3) is 0.500. The zero-order valence-corrected chi connectivity index (χ0v) is 7.80. The highest BCUT2D eigenvalue weighted by molar-refractivity contribution is 7.13. The Balaban J connectivity index is 2.36. The number of nitrogens with zero attached hydrogens (tertiary/aromatic N) is 1. The first-order valence-corrected chi connectivity index (χ1v) is 4.97. The maximum absolute atomic E-state index is 10.8. The maximum Gasteiger partial charge on any atom is 0.347 e. The van der Waals surface area contributed by atoms with E-state index in [4.69, 9.17) is 10.8 Å². The molecular weight excluding hydrogens is 188 g/mol. The number of hydrogen-bond acceptors (Lipinski definition) is 4. The molecule has 0 aromatic carbocycles. The molecule has 0 atom stereocenters. The van der Waals surface area contributed by atoms with E-state index >= 15 is 0 Å². The summed E-state index contributed by atoms with van der Waals surface area (Å²) >= 11 is 1.27. The molecule has 1 fully saturated rings. The van der Waals surface area contributed by atoms with Crippen molar-refractivity contribution in [3.63, 3.8) is 0 Å².